The lowest BCUT2D eigenvalue weighted by atomic mass is 9.98. The zero-order chi connectivity index (χ0) is 15.6. The van der Waals surface area contributed by atoms with E-state index in [9.17, 15) is 17.6 Å². The quantitative estimate of drug-likeness (QED) is 0.624. The van der Waals surface area contributed by atoms with Crippen molar-refractivity contribution in [1.29, 1.82) is 0 Å². The lowest BCUT2D eigenvalue weighted by molar-refractivity contribution is 0.506. The monoisotopic (exact) mass is 361 g/mol. The summed E-state index contributed by atoms with van der Waals surface area (Å²) in [7, 11) is 1.56. The predicted octanol–water partition coefficient (Wildman–Crippen LogP) is 4.51. The van der Waals surface area contributed by atoms with Crippen molar-refractivity contribution in [2.45, 2.75) is 12.5 Å². The molecule has 0 radical (unpaired) electrons. The molecule has 0 bridgehead atoms. The maximum absolute atomic E-state index is 13.9. The third-order valence-electron chi connectivity index (χ3n) is 3.20. The van der Waals surface area contributed by atoms with Gasteiger partial charge < -0.3 is 5.32 Å². The highest BCUT2D eigenvalue weighted by atomic mass is 79.9. The van der Waals surface area contributed by atoms with E-state index in [-0.39, 0.29) is 22.0 Å². The first-order valence-corrected chi connectivity index (χ1v) is 6.97. The van der Waals surface area contributed by atoms with Crippen LogP contribution in [0.4, 0.5) is 17.6 Å². The summed E-state index contributed by atoms with van der Waals surface area (Å²) in [6.07, 6.45) is 0.0700. The SMILES string of the molecule is CNC(Cc1ccc(F)cc1F)c1cc(F)c(Br)cc1F. The minimum atomic E-state index is -0.715. The highest BCUT2D eigenvalue weighted by molar-refractivity contribution is 9.10. The van der Waals surface area contributed by atoms with E-state index in [2.05, 4.69) is 21.2 Å². The first-order chi connectivity index (χ1) is 9.92. The summed E-state index contributed by atoms with van der Waals surface area (Å²) in [5.41, 5.74) is 0.306. The molecule has 0 saturated heterocycles. The van der Waals surface area contributed by atoms with Crippen LogP contribution >= 0.6 is 15.9 Å². The van der Waals surface area contributed by atoms with Gasteiger partial charge in [0.1, 0.15) is 23.3 Å². The average molecular weight is 362 g/mol. The molecular weight excluding hydrogens is 350 g/mol. The maximum atomic E-state index is 13.9. The molecular formula is C15H12BrF4N. The molecule has 0 aliphatic rings. The van der Waals surface area contributed by atoms with Gasteiger partial charge in [0.2, 0.25) is 0 Å². The van der Waals surface area contributed by atoms with Crippen molar-refractivity contribution in [3.63, 3.8) is 0 Å². The van der Waals surface area contributed by atoms with Gasteiger partial charge in [-0.05, 0) is 53.2 Å². The molecule has 1 N–H and O–H groups in total. The van der Waals surface area contributed by atoms with Crippen molar-refractivity contribution in [1.82, 2.24) is 5.32 Å². The van der Waals surface area contributed by atoms with Crippen molar-refractivity contribution < 1.29 is 17.6 Å². The minimum Gasteiger partial charge on any atom is -0.313 e. The van der Waals surface area contributed by atoms with Gasteiger partial charge in [0.05, 0.1) is 4.47 Å². The third kappa shape index (κ3) is 3.63. The topological polar surface area (TPSA) is 12.0 Å². The normalized spacial score (nSPS) is 12.5. The van der Waals surface area contributed by atoms with Gasteiger partial charge in [-0.2, -0.15) is 0 Å². The minimum absolute atomic E-state index is 0.0200. The number of benzene rings is 2. The van der Waals surface area contributed by atoms with Gasteiger partial charge in [0, 0.05) is 17.7 Å². The molecule has 6 heteroatoms. The van der Waals surface area contributed by atoms with E-state index in [1.54, 1.807) is 7.05 Å². The molecule has 1 atom stereocenters. The van der Waals surface area contributed by atoms with Crippen molar-refractivity contribution >= 4 is 15.9 Å². The Morgan fingerprint density at radius 2 is 1.71 bits per heavy atom. The third-order valence-corrected chi connectivity index (χ3v) is 3.81. The molecule has 112 valence electrons. The zero-order valence-electron chi connectivity index (χ0n) is 11.1. The highest BCUT2D eigenvalue weighted by Crippen LogP contribution is 2.27. The van der Waals surface area contributed by atoms with Gasteiger partial charge in [0.25, 0.3) is 0 Å². The van der Waals surface area contributed by atoms with E-state index < -0.39 is 29.3 Å². The van der Waals surface area contributed by atoms with Crippen LogP contribution in [0, 0.1) is 23.3 Å². The average Bonchev–Trinajstić information content (AvgIpc) is 2.43. The Morgan fingerprint density at radius 1 is 1.00 bits per heavy atom. The van der Waals surface area contributed by atoms with Crippen LogP contribution in [-0.4, -0.2) is 7.05 Å². The summed E-state index contributed by atoms with van der Waals surface area (Å²) in [6, 6.07) is 4.64. The molecule has 0 aliphatic heterocycles. The molecule has 2 aromatic carbocycles. The molecule has 0 aromatic heterocycles. The van der Waals surface area contributed by atoms with Crippen LogP contribution in [0.3, 0.4) is 0 Å². The summed E-state index contributed by atoms with van der Waals surface area (Å²) >= 11 is 2.90. The molecule has 2 aromatic rings. The van der Waals surface area contributed by atoms with Crippen LogP contribution in [0.5, 0.6) is 0 Å². The van der Waals surface area contributed by atoms with Crippen LogP contribution in [0.15, 0.2) is 34.8 Å². The summed E-state index contributed by atoms with van der Waals surface area (Å²) in [5.74, 6) is -2.61. The smallest absolute Gasteiger partial charge is 0.137 e. The molecule has 0 fully saturated rings. The lowest BCUT2D eigenvalue weighted by Crippen LogP contribution is -2.21. The number of hydrogen-bond donors (Lipinski definition) is 1. The van der Waals surface area contributed by atoms with E-state index >= 15 is 0 Å². The number of rotatable bonds is 4. The van der Waals surface area contributed by atoms with E-state index in [0.717, 1.165) is 24.3 Å². The van der Waals surface area contributed by atoms with E-state index in [1.165, 1.54) is 6.07 Å². The molecule has 1 unspecified atom stereocenters. The van der Waals surface area contributed by atoms with Crippen LogP contribution in [0.25, 0.3) is 0 Å². The van der Waals surface area contributed by atoms with Gasteiger partial charge in [-0.25, -0.2) is 17.6 Å². The van der Waals surface area contributed by atoms with Gasteiger partial charge >= 0.3 is 0 Å². The fourth-order valence-corrected chi connectivity index (χ4v) is 2.40. The Balaban J connectivity index is 2.34. The van der Waals surface area contributed by atoms with Crippen molar-refractivity contribution in [2.24, 2.45) is 0 Å². The number of nitrogens with one attached hydrogen (secondary N) is 1. The van der Waals surface area contributed by atoms with Crippen LogP contribution in [-0.2, 0) is 6.42 Å². The van der Waals surface area contributed by atoms with E-state index in [4.69, 9.17) is 0 Å². The van der Waals surface area contributed by atoms with Gasteiger partial charge in [-0.1, -0.05) is 6.07 Å². The summed E-state index contributed by atoms with van der Waals surface area (Å²) in [4.78, 5) is 0. The lowest BCUT2D eigenvalue weighted by Gasteiger charge is -2.18. The summed E-state index contributed by atoms with van der Waals surface area (Å²) in [5, 5.41) is 2.81. The first kappa shape index (κ1) is 16.0. The molecule has 0 aliphatic carbocycles. The Labute approximate surface area is 128 Å². The number of halogens is 5. The second-order valence-corrected chi connectivity index (χ2v) is 5.42. The molecule has 0 heterocycles. The zero-order valence-corrected chi connectivity index (χ0v) is 12.6. The van der Waals surface area contributed by atoms with Gasteiger partial charge in [-0.15, -0.1) is 0 Å². The molecule has 21 heavy (non-hydrogen) atoms. The predicted molar refractivity (Wildman–Crippen MR) is 75.9 cm³/mol. The van der Waals surface area contributed by atoms with Crippen LogP contribution in [0.1, 0.15) is 17.2 Å². The second kappa shape index (κ2) is 6.58. The first-order valence-electron chi connectivity index (χ1n) is 6.18. The standard InChI is InChI=1S/C15H12BrF4N/c1-21-15(4-8-2-3-9(17)5-12(8)18)10-6-14(20)11(16)7-13(10)19/h2-3,5-7,15,21H,4H2,1H3. The molecule has 0 spiro atoms. The van der Waals surface area contributed by atoms with Crippen molar-refractivity contribution in [3.8, 4) is 0 Å². The highest BCUT2D eigenvalue weighted by Gasteiger charge is 2.19. The molecule has 0 amide bonds. The van der Waals surface area contributed by atoms with E-state index in [0.29, 0.717) is 0 Å². The molecule has 0 saturated carbocycles. The molecule has 2 rings (SSSR count). The van der Waals surface area contributed by atoms with E-state index in [1.807, 2.05) is 0 Å². The van der Waals surface area contributed by atoms with Crippen molar-refractivity contribution in [2.75, 3.05) is 7.05 Å². The van der Waals surface area contributed by atoms with Gasteiger partial charge in [0.15, 0.2) is 0 Å². The Hall–Kier alpha value is -1.40. The number of likely N-dealkylation sites (N-methyl/N-ethyl adjacent to an activating group) is 1. The summed E-state index contributed by atoms with van der Waals surface area (Å²) in [6.45, 7) is 0. The number of hydrogen-bond acceptors (Lipinski definition) is 1. The fourth-order valence-electron chi connectivity index (χ4n) is 2.08. The van der Waals surface area contributed by atoms with Crippen molar-refractivity contribution in [3.05, 3.63) is 69.2 Å². The van der Waals surface area contributed by atoms with Crippen LogP contribution < -0.4 is 5.32 Å². The summed E-state index contributed by atoms with van der Waals surface area (Å²) < 4.78 is 54.1. The maximum Gasteiger partial charge on any atom is 0.137 e. The van der Waals surface area contributed by atoms with Gasteiger partial charge in [-0.3, -0.25) is 0 Å². The Bertz CT molecular complexity index is 660. The molecule has 1 nitrogen and oxygen atoms in total. The van der Waals surface area contributed by atoms with Crippen LogP contribution in [0.2, 0.25) is 0 Å². The fraction of sp³-hybridized carbons (Fsp3) is 0.200. The largest absolute Gasteiger partial charge is 0.313 e. The second-order valence-electron chi connectivity index (χ2n) is 4.57. The Kier molecular flexibility index (Phi) is 5.00. The Morgan fingerprint density at radius 3 is 2.33 bits per heavy atom.